The number of carbonyl (C=O) groups excluding carboxylic acids is 2. The number of anilines is 3. The lowest BCUT2D eigenvalue weighted by atomic mass is 10.1. The van der Waals surface area contributed by atoms with Crippen molar-refractivity contribution in [2.24, 2.45) is 0 Å². The summed E-state index contributed by atoms with van der Waals surface area (Å²) >= 11 is 0. The molecule has 0 fully saturated rings. The molecule has 4 rings (SSSR count). The summed E-state index contributed by atoms with van der Waals surface area (Å²) in [5.41, 5.74) is 2.84. The Morgan fingerprint density at radius 3 is 2.52 bits per heavy atom. The summed E-state index contributed by atoms with van der Waals surface area (Å²) in [6, 6.07) is 19.7. The third-order valence-corrected chi connectivity index (χ3v) is 4.32. The molecule has 0 aliphatic carbocycles. The molecule has 0 unspecified atom stereocenters. The van der Waals surface area contributed by atoms with Crippen molar-refractivity contribution in [1.82, 2.24) is 15.2 Å². The third kappa shape index (κ3) is 4.08. The number of nitrogens with zero attached hydrogens (tertiary/aromatic N) is 3. The zero-order valence-electron chi connectivity index (χ0n) is 15.6. The Hall–Kier alpha value is -4.13. The zero-order valence-corrected chi connectivity index (χ0v) is 15.6. The summed E-state index contributed by atoms with van der Waals surface area (Å²) in [5.74, 6) is 0.0223. The number of aromatic nitrogens is 3. The average Bonchev–Trinajstić information content (AvgIpc) is 2.75. The molecule has 0 saturated heterocycles. The zero-order chi connectivity index (χ0) is 20.2. The highest BCUT2D eigenvalue weighted by Gasteiger charge is 2.10. The normalized spacial score (nSPS) is 10.5. The first-order valence-corrected chi connectivity index (χ1v) is 8.97. The van der Waals surface area contributed by atoms with Crippen LogP contribution in [0.4, 0.5) is 17.2 Å². The van der Waals surface area contributed by atoms with Crippen molar-refractivity contribution >= 4 is 39.8 Å². The average molecular weight is 383 g/mol. The number of para-hydroxylation sites is 1. The maximum Gasteiger partial charge on any atom is 0.276 e. The van der Waals surface area contributed by atoms with E-state index in [1.165, 1.54) is 6.92 Å². The second-order valence-corrected chi connectivity index (χ2v) is 6.40. The Balaban J connectivity index is 1.49. The van der Waals surface area contributed by atoms with Gasteiger partial charge in [0.05, 0.1) is 11.2 Å². The predicted molar refractivity (Wildman–Crippen MR) is 111 cm³/mol. The van der Waals surface area contributed by atoms with Crippen LogP contribution in [-0.4, -0.2) is 26.9 Å². The number of Topliss-reactive ketones (excluding diaryl/α,β-unsaturated/α-hetero) is 1. The molecular weight excluding hydrogens is 366 g/mol. The number of hydrogen-bond acceptors (Lipinski definition) is 6. The van der Waals surface area contributed by atoms with Crippen LogP contribution in [0.3, 0.4) is 0 Å². The molecule has 0 radical (unpaired) electrons. The molecule has 142 valence electrons. The van der Waals surface area contributed by atoms with Crippen molar-refractivity contribution in [3.8, 4) is 0 Å². The van der Waals surface area contributed by atoms with Gasteiger partial charge in [-0.25, -0.2) is 0 Å². The van der Waals surface area contributed by atoms with E-state index in [0.717, 1.165) is 16.6 Å². The van der Waals surface area contributed by atoms with E-state index in [1.807, 2.05) is 30.3 Å². The molecule has 2 heterocycles. The first kappa shape index (κ1) is 18.2. The number of benzene rings is 2. The summed E-state index contributed by atoms with van der Waals surface area (Å²) in [6.07, 6.45) is 1.73. The van der Waals surface area contributed by atoms with Crippen LogP contribution in [0.15, 0.2) is 72.9 Å². The summed E-state index contributed by atoms with van der Waals surface area (Å²) < 4.78 is 0. The van der Waals surface area contributed by atoms with Gasteiger partial charge in [0, 0.05) is 22.8 Å². The lowest BCUT2D eigenvalue weighted by molar-refractivity contribution is 0.100. The number of carbonyl (C=O) groups is 2. The smallest absolute Gasteiger partial charge is 0.276 e. The van der Waals surface area contributed by atoms with Crippen LogP contribution >= 0.6 is 0 Å². The molecule has 0 bridgehead atoms. The number of rotatable bonds is 5. The predicted octanol–water partition coefficient (Wildman–Crippen LogP) is 4.22. The maximum absolute atomic E-state index is 12.4. The van der Waals surface area contributed by atoms with Gasteiger partial charge in [-0.05, 0) is 43.3 Å². The van der Waals surface area contributed by atoms with Crippen molar-refractivity contribution < 1.29 is 9.59 Å². The number of ketones is 1. The molecule has 2 aromatic heterocycles. The number of hydrogen-bond donors (Lipinski definition) is 2. The van der Waals surface area contributed by atoms with Crippen LogP contribution in [0.2, 0.25) is 0 Å². The van der Waals surface area contributed by atoms with Crippen LogP contribution in [0, 0.1) is 0 Å². The molecule has 2 aromatic carbocycles. The number of fused-ring (bicyclic) bond motifs is 1. The quantitative estimate of drug-likeness (QED) is 0.501. The highest BCUT2D eigenvalue weighted by Crippen LogP contribution is 2.23. The Morgan fingerprint density at radius 2 is 1.72 bits per heavy atom. The fourth-order valence-electron chi connectivity index (χ4n) is 2.87. The largest absolute Gasteiger partial charge is 0.337 e. The lowest BCUT2D eigenvalue weighted by Gasteiger charge is -2.09. The first-order valence-electron chi connectivity index (χ1n) is 8.97. The number of nitrogens with one attached hydrogen (secondary N) is 2. The van der Waals surface area contributed by atoms with Crippen LogP contribution in [0.1, 0.15) is 27.8 Å². The van der Waals surface area contributed by atoms with Crippen molar-refractivity contribution in [3.63, 3.8) is 0 Å². The van der Waals surface area contributed by atoms with Gasteiger partial charge >= 0.3 is 0 Å². The van der Waals surface area contributed by atoms with Gasteiger partial charge in [0.25, 0.3) is 5.91 Å². The molecule has 4 aromatic rings. The minimum absolute atomic E-state index is 0.0701. The van der Waals surface area contributed by atoms with Gasteiger partial charge in [0.2, 0.25) is 0 Å². The van der Waals surface area contributed by atoms with Gasteiger partial charge < -0.3 is 10.6 Å². The van der Waals surface area contributed by atoms with Crippen LogP contribution in [0.5, 0.6) is 0 Å². The van der Waals surface area contributed by atoms with Crippen molar-refractivity contribution in [2.75, 3.05) is 10.6 Å². The van der Waals surface area contributed by atoms with Crippen LogP contribution in [0.25, 0.3) is 10.9 Å². The summed E-state index contributed by atoms with van der Waals surface area (Å²) in [6.45, 7) is 1.48. The van der Waals surface area contributed by atoms with E-state index in [0.29, 0.717) is 17.1 Å². The van der Waals surface area contributed by atoms with E-state index in [1.54, 1.807) is 42.6 Å². The second kappa shape index (κ2) is 7.85. The van der Waals surface area contributed by atoms with Crippen molar-refractivity contribution in [2.45, 2.75) is 6.92 Å². The molecule has 0 atom stereocenters. The molecular formula is C22H17N5O2. The topological polar surface area (TPSA) is 96.9 Å². The third-order valence-electron chi connectivity index (χ3n) is 4.32. The van der Waals surface area contributed by atoms with Gasteiger partial charge in [-0.1, -0.05) is 30.3 Å². The Labute approximate surface area is 166 Å². The van der Waals surface area contributed by atoms with E-state index in [9.17, 15) is 9.59 Å². The minimum atomic E-state index is -0.406. The highest BCUT2D eigenvalue weighted by molar-refractivity contribution is 6.04. The van der Waals surface area contributed by atoms with E-state index < -0.39 is 5.91 Å². The van der Waals surface area contributed by atoms with Crippen molar-refractivity contribution in [1.29, 1.82) is 0 Å². The van der Waals surface area contributed by atoms with Gasteiger partial charge in [-0.3, -0.25) is 14.6 Å². The minimum Gasteiger partial charge on any atom is -0.337 e. The van der Waals surface area contributed by atoms with E-state index in [-0.39, 0.29) is 11.5 Å². The lowest BCUT2D eigenvalue weighted by Crippen LogP contribution is -2.15. The monoisotopic (exact) mass is 383 g/mol. The molecule has 1 amide bonds. The van der Waals surface area contributed by atoms with E-state index >= 15 is 0 Å². The highest BCUT2D eigenvalue weighted by atomic mass is 16.2. The fourth-order valence-corrected chi connectivity index (χ4v) is 2.87. The fraction of sp³-hybridized carbons (Fsp3) is 0.0455. The Bertz CT molecular complexity index is 1200. The Kier molecular flexibility index (Phi) is 4.94. The van der Waals surface area contributed by atoms with E-state index in [2.05, 4.69) is 25.8 Å². The van der Waals surface area contributed by atoms with Gasteiger partial charge in [-0.15, -0.1) is 10.2 Å². The van der Waals surface area contributed by atoms with Crippen LogP contribution in [-0.2, 0) is 0 Å². The maximum atomic E-state index is 12.4. The molecule has 29 heavy (non-hydrogen) atoms. The number of amides is 1. The molecule has 2 N–H and O–H groups in total. The number of pyridine rings is 1. The molecule has 0 aliphatic heterocycles. The SMILES string of the molecule is CC(=O)c1cccc(NC(=O)c2ccc(Nc3cccc4cccnc34)nn2)c1. The van der Waals surface area contributed by atoms with Gasteiger partial charge in [0.1, 0.15) is 0 Å². The molecule has 0 spiro atoms. The van der Waals surface area contributed by atoms with Gasteiger partial charge in [-0.2, -0.15) is 0 Å². The summed E-state index contributed by atoms with van der Waals surface area (Å²) in [7, 11) is 0. The summed E-state index contributed by atoms with van der Waals surface area (Å²) in [5, 5.41) is 15.0. The van der Waals surface area contributed by atoms with Crippen molar-refractivity contribution in [3.05, 3.63) is 84.2 Å². The standard InChI is InChI=1S/C22H17N5O2/c1-14(28)16-6-2-8-17(13-16)24-22(29)19-10-11-20(27-26-19)25-18-9-3-5-15-7-4-12-23-21(15)18/h2-13H,1H3,(H,24,29)(H,25,27). The van der Waals surface area contributed by atoms with E-state index in [4.69, 9.17) is 0 Å². The molecule has 7 nitrogen and oxygen atoms in total. The second-order valence-electron chi connectivity index (χ2n) is 6.40. The Morgan fingerprint density at radius 1 is 0.897 bits per heavy atom. The summed E-state index contributed by atoms with van der Waals surface area (Å²) in [4.78, 5) is 28.3. The van der Waals surface area contributed by atoms with Gasteiger partial charge in [0.15, 0.2) is 17.3 Å². The first-order chi connectivity index (χ1) is 14.1. The molecule has 0 aliphatic rings. The molecule has 0 saturated carbocycles. The molecule has 7 heteroatoms. The van der Waals surface area contributed by atoms with Crippen LogP contribution < -0.4 is 10.6 Å².